The minimum atomic E-state index is -0.774. The van der Waals surface area contributed by atoms with Gasteiger partial charge in [-0.15, -0.1) is 0 Å². The van der Waals surface area contributed by atoms with Crippen molar-refractivity contribution in [2.75, 3.05) is 50.4 Å². The Hall–Kier alpha value is -2.35. The van der Waals surface area contributed by atoms with E-state index in [0.717, 1.165) is 6.54 Å². The molecular weight excluding hydrogens is 378 g/mol. The number of nitrogen functional groups attached to an aromatic ring is 1. The average Bonchev–Trinajstić information content (AvgIpc) is 3.09. The first-order valence-corrected chi connectivity index (χ1v) is 9.88. The lowest BCUT2D eigenvalue weighted by Gasteiger charge is -2.39. The molecule has 2 aliphatic rings. The number of halogens is 2. The van der Waals surface area contributed by atoms with Crippen LogP contribution in [0.3, 0.4) is 0 Å². The molecule has 2 N–H and O–H groups in total. The van der Waals surface area contributed by atoms with Crippen molar-refractivity contribution in [2.24, 2.45) is 0 Å². The number of anilines is 2. The Morgan fingerprint density at radius 3 is 2.59 bits per heavy atom. The van der Waals surface area contributed by atoms with Gasteiger partial charge in [0.05, 0.1) is 16.9 Å². The van der Waals surface area contributed by atoms with E-state index in [1.165, 1.54) is 11.0 Å². The van der Waals surface area contributed by atoms with Crippen LogP contribution in [-0.4, -0.2) is 67.3 Å². The van der Waals surface area contributed by atoms with Gasteiger partial charge in [0.25, 0.3) is 0 Å². The normalized spacial score (nSPS) is 20.8. The Balaban J connectivity index is 1.81. The van der Waals surface area contributed by atoms with Gasteiger partial charge in [0.1, 0.15) is 11.4 Å². The molecule has 0 aromatic heterocycles. The number of carbonyl (C=O) groups is 1. The van der Waals surface area contributed by atoms with Crippen LogP contribution in [0, 0.1) is 11.6 Å². The van der Waals surface area contributed by atoms with Gasteiger partial charge in [-0.3, -0.25) is 0 Å². The molecular formula is C21H30F2N4O2. The van der Waals surface area contributed by atoms with E-state index in [9.17, 15) is 9.18 Å². The molecule has 3 rings (SSSR count). The van der Waals surface area contributed by atoms with Crippen molar-refractivity contribution in [3.63, 3.8) is 0 Å². The maximum Gasteiger partial charge on any atom is 0.410 e. The van der Waals surface area contributed by atoms with E-state index < -0.39 is 23.3 Å². The van der Waals surface area contributed by atoms with Crippen LogP contribution in [0.4, 0.5) is 25.0 Å². The quantitative estimate of drug-likeness (QED) is 0.761. The minimum Gasteiger partial charge on any atom is -0.444 e. The van der Waals surface area contributed by atoms with Crippen molar-refractivity contribution < 1.29 is 18.3 Å². The highest BCUT2D eigenvalue weighted by atomic mass is 19.1. The SMILES string of the molecule is CC1CN(c2cc(F)c(C3=CCN(C(=O)OC(C)(C)C)C3)c(F)c2N)CCN1C. The zero-order valence-electron chi connectivity index (χ0n) is 17.8. The van der Waals surface area contributed by atoms with Crippen LogP contribution in [0.15, 0.2) is 12.1 Å². The first-order chi connectivity index (χ1) is 13.5. The van der Waals surface area contributed by atoms with Gasteiger partial charge >= 0.3 is 6.09 Å². The summed E-state index contributed by atoms with van der Waals surface area (Å²) in [5.74, 6) is -1.44. The van der Waals surface area contributed by atoms with E-state index in [-0.39, 0.29) is 30.4 Å². The number of hydrogen-bond acceptors (Lipinski definition) is 5. The van der Waals surface area contributed by atoms with Gasteiger partial charge in [0, 0.05) is 44.8 Å². The van der Waals surface area contributed by atoms with Crippen molar-refractivity contribution in [3.8, 4) is 0 Å². The minimum absolute atomic E-state index is 0.0604. The van der Waals surface area contributed by atoms with Gasteiger partial charge in [-0.1, -0.05) is 6.08 Å². The third kappa shape index (κ3) is 4.47. The van der Waals surface area contributed by atoms with Crippen LogP contribution < -0.4 is 10.6 Å². The number of nitrogens with two attached hydrogens (primary N) is 1. The molecule has 2 heterocycles. The molecule has 1 atom stereocenters. The van der Waals surface area contributed by atoms with Crippen molar-refractivity contribution in [1.29, 1.82) is 0 Å². The molecule has 0 aliphatic carbocycles. The van der Waals surface area contributed by atoms with Gasteiger partial charge < -0.3 is 25.2 Å². The van der Waals surface area contributed by atoms with Gasteiger partial charge in [-0.2, -0.15) is 0 Å². The van der Waals surface area contributed by atoms with E-state index >= 15 is 4.39 Å². The summed E-state index contributed by atoms with van der Waals surface area (Å²) in [5.41, 5.74) is 5.99. The van der Waals surface area contributed by atoms with Crippen molar-refractivity contribution in [3.05, 3.63) is 29.3 Å². The summed E-state index contributed by atoms with van der Waals surface area (Å²) in [6, 6.07) is 1.57. The molecule has 29 heavy (non-hydrogen) atoms. The highest BCUT2D eigenvalue weighted by Crippen LogP contribution is 2.36. The number of nitrogens with zero attached hydrogens (tertiary/aromatic N) is 3. The Morgan fingerprint density at radius 2 is 1.97 bits per heavy atom. The molecule has 1 aromatic carbocycles. The first kappa shape index (κ1) is 21.4. The maximum absolute atomic E-state index is 15.1. The van der Waals surface area contributed by atoms with Crippen LogP contribution >= 0.6 is 0 Å². The molecule has 0 saturated carbocycles. The summed E-state index contributed by atoms with van der Waals surface area (Å²) in [4.78, 5) is 17.8. The third-order valence-electron chi connectivity index (χ3n) is 5.43. The summed E-state index contributed by atoms with van der Waals surface area (Å²) < 4.78 is 35.4. The second kappa shape index (κ2) is 7.82. The average molecular weight is 408 g/mol. The highest BCUT2D eigenvalue weighted by molar-refractivity contribution is 5.82. The molecule has 1 unspecified atom stereocenters. The summed E-state index contributed by atoms with van der Waals surface area (Å²) in [7, 11) is 2.03. The predicted octanol–water partition coefficient (Wildman–Crippen LogP) is 3.32. The largest absolute Gasteiger partial charge is 0.444 e. The number of hydrogen-bond donors (Lipinski definition) is 1. The summed E-state index contributed by atoms with van der Waals surface area (Å²) >= 11 is 0. The number of ether oxygens (including phenoxy) is 1. The van der Waals surface area contributed by atoms with E-state index in [1.54, 1.807) is 26.8 Å². The van der Waals surface area contributed by atoms with Crippen LogP contribution in [0.25, 0.3) is 5.57 Å². The Bertz CT molecular complexity index is 835. The molecule has 0 bridgehead atoms. The van der Waals surface area contributed by atoms with Gasteiger partial charge in [0.15, 0.2) is 5.82 Å². The summed E-state index contributed by atoms with van der Waals surface area (Å²) in [6.07, 6.45) is 1.13. The van der Waals surface area contributed by atoms with Crippen LogP contribution in [0.2, 0.25) is 0 Å². The number of rotatable bonds is 2. The number of carbonyl (C=O) groups excluding carboxylic acids is 1. The standard InChI is InChI=1S/C21H30F2N4O2/c1-13-11-26(9-8-25(13)5)16-10-15(22)17(18(23)19(16)24)14-6-7-27(12-14)20(28)29-21(2,3)4/h6,10,13H,7-9,11-12,24H2,1-5H3. The fraction of sp³-hybridized carbons (Fsp3) is 0.571. The molecule has 0 spiro atoms. The monoisotopic (exact) mass is 408 g/mol. The van der Waals surface area contributed by atoms with E-state index in [2.05, 4.69) is 11.8 Å². The molecule has 1 fully saturated rings. The lowest BCUT2D eigenvalue weighted by molar-refractivity contribution is 0.0306. The second-order valence-electron chi connectivity index (χ2n) is 8.85. The zero-order chi connectivity index (χ0) is 21.5. The van der Waals surface area contributed by atoms with Crippen molar-refractivity contribution >= 4 is 23.0 Å². The Kier molecular flexibility index (Phi) is 5.76. The lowest BCUT2D eigenvalue weighted by Crippen LogP contribution is -2.50. The molecule has 1 amide bonds. The number of likely N-dealkylation sites (N-methyl/N-ethyl adjacent to an activating group) is 1. The van der Waals surface area contributed by atoms with Crippen molar-refractivity contribution in [2.45, 2.75) is 39.3 Å². The van der Waals surface area contributed by atoms with Gasteiger partial charge in [0.2, 0.25) is 0 Å². The second-order valence-corrected chi connectivity index (χ2v) is 8.85. The van der Waals surface area contributed by atoms with Crippen LogP contribution in [0.1, 0.15) is 33.3 Å². The Labute approximate surface area is 170 Å². The summed E-state index contributed by atoms with van der Waals surface area (Å²) in [6.45, 7) is 9.79. The lowest BCUT2D eigenvalue weighted by atomic mass is 10.0. The van der Waals surface area contributed by atoms with E-state index in [1.807, 2.05) is 11.9 Å². The van der Waals surface area contributed by atoms with Crippen LogP contribution in [-0.2, 0) is 4.74 Å². The van der Waals surface area contributed by atoms with Gasteiger partial charge in [-0.05, 0) is 40.3 Å². The third-order valence-corrected chi connectivity index (χ3v) is 5.43. The maximum atomic E-state index is 15.1. The number of benzene rings is 1. The Morgan fingerprint density at radius 1 is 1.28 bits per heavy atom. The number of piperazine rings is 1. The van der Waals surface area contributed by atoms with E-state index in [4.69, 9.17) is 10.5 Å². The predicted molar refractivity (Wildman–Crippen MR) is 111 cm³/mol. The molecule has 160 valence electrons. The molecule has 8 heteroatoms. The topological polar surface area (TPSA) is 62.0 Å². The molecule has 6 nitrogen and oxygen atoms in total. The molecule has 1 saturated heterocycles. The van der Waals surface area contributed by atoms with Crippen molar-refractivity contribution in [1.82, 2.24) is 9.80 Å². The smallest absolute Gasteiger partial charge is 0.410 e. The van der Waals surface area contributed by atoms with E-state index in [0.29, 0.717) is 24.4 Å². The first-order valence-electron chi connectivity index (χ1n) is 9.88. The number of amides is 1. The molecule has 0 radical (unpaired) electrons. The molecule has 2 aliphatic heterocycles. The highest BCUT2D eigenvalue weighted by Gasteiger charge is 2.31. The fourth-order valence-corrected chi connectivity index (χ4v) is 3.65. The summed E-state index contributed by atoms with van der Waals surface area (Å²) in [5, 5.41) is 0. The van der Waals surface area contributed by atoms with Crippen LogP contribution in [0.5, 0.6) is 0 Å². The fourth-order valence-electron chi connectivity index (χ4n) is 3.65. The van der Waals surface area contributed by atoms with Gasteiger partial charge in [-0.25, -0.2) is 13.6 Å². The molecule has 1 aromatic rings. The zero-order valence-corrected chi connectivity index (χ0v) is 17.8.